The molecule has 0 saturated carbocycles. The number of carboxylic acid groups (broad SMARTS) is 2. The Labute approximate surface area is 122 Å². The van der Waals surface area contributed by atoms with Crippen LogP contribution in [0.5, 0.6) is 0 Å². The fraction of sp³-hybridized carbons (Fsp3) is 0.0909. The molecule has 0 fully saturated rings. The lowest BCUT2D eigenvalue weighted by atomic mass is 10.3. The number of hydrogen-bond donors (Lipinski definition) is 3. The highest BCUT2D eigenvalue weighted by Crippen LogP contribution is 2.27. The zero-order valence-corrected chi connectivity index (χ0v) is 11.3. The molecule has 1 aromatic rings. The van der Waals surface area contributed by atoms with Gasteiger partial charge in [0, 0.05) is 0 Å². The van der Waals surface area contributed by atoms with Crippen LogP contribution in [-0.4, -0.2) is 27.3 Å². The number of hydrogen-bond acceptors (Lipinski definition) is 5. The van der Waals surface area contributed by atoms with Gasteiger partial charge in [-0.2, -0.15) is 5.11 Å². The number of aliphatic carboxylic acids is 2. The van der Waals surface area contributed by atoms with Gasteiger partial charge in [-0.05, 0) is 18.2 Å². The molecule has 9 heteroatoms. The van der Waals surface area contributed by atoms with E-state index in [4.69, 9.17) is 33.4 Å². The van der Waals surface area contributed by atoms with Crippen LogP contribution in [0.3, 0.4) is 0 Å². The molecule has 20 heavy (non-hydrogen) atoms. The van der Waals surface area contributed by atoms with Crippen LogP contribution in [0.2, 0.25) is 10.0 Å². The fourth-order valence-corrected chi connectivity index (χ4v) is 1.40. The molecule has 0 amide bonds. The Hall–Kier alpha value is -2.12. The number of carbonyl (C=O) groups is 2. The lowest BCUT2D eigenvalue weighted by molar-refractivity contribution is -0.136. The monoisotopic (exact) mass is 318 g/mol. The third-order valence-electron chi connectivity index (χ3n) is 1.96. The summed E-state index contributed by atoms with van der Waals surface area (Å²) in [5.74, 6) is -3.91. The van der Waals surface area contributed by atoms with Crippen molar-refractivity contribution in [2.45, 2.75) is 6.42 Å². The van der Waals surface area contributed by atoms with Crippen molar-refractivity contribution in [1.29, 1.82) is 0 Å². The second kappa shape index (κ2) is 6.88. The van der Waals surface area contributed by atoms with Crippen LogP contribution in [0.1, 0.15) is 6.42 Å². The summed E-state index contributed by atoms with van der Waals surface area (Å²) in [6.07, 6.45) is -0.873. The summed E-state index contributed by atoms with van der Waals surface area (Å²) >= 11 is 11.4. The molecular weight excluding hydrogens is 311 g/mol. The molecule has 1 aromatic carbocycles. The summed E-state index contributed by atoms with van der Waals surface area (Å²) in [6, 6.07) is 4.19. The van der Waals surface area contributed by atoms with Crippen molar-refractivity contribution in [3.8, 4) is 0 Å². The lowest BCUT2D eigenvalue weighted by Crippen LogP contribution is -2.06. The highest BCUT2D eigenvalue weighted by molar-refractivity contribution is 6.42. The van der Waals surface area contributed by atoms with Crippen molar-refractivity contribution >= 4 is 40.8 Å². The Morgan fingerprint density at radius 2 is 1.75 bits per heavy atom. The molecule has 0 aliphatic carbocycles. The van der Waals surface area contributed by atoms with Gasteiger partial charge in [0.25, 0.3) is 0 Å². The molecule has 0 heterocycles. The SMILES string of the molecule is O=C(O)CC(O)=C(N=Nc1ccc(Cl)c(Cl)c1)C(=O)O. The Morgan fingerprint density at radius 3 is 2.25 bits per heavy atom. The van der Waals surface area contributed by atoms with E-state index in [0.29, 0.717) is 0 Å². The number of rotatable bonds is 5. The average Bonchev–Trinajstić information content (AvgIpc) is 2.32. The van der Waals surface area contributed by atoms with Crippen LogP contribution < -0.4 is 0 Å². The van der Waals surface area contributed by atoms with E-state index < -0.39 is 29.8 Å². The third kappa shape index (κ3) is 4.52. The topological polar surface area (TPSA) is 120 Å². The molecule has 7 nitrogen and oxygen atoms in total. The van der Waals surface area contributed by atoms with Crippen molar-refractivity contribution < 1.29 is 24.9 Å². The predicted octanol–water partition coefficient (Wildman–Crippen LogP) is 3.41. The van der Waals surface area contributed by atoms with E-state index in [1.807, 2.05) is 0 Å². The molecule has 0 aromatic heterocycles. The van der Waals surface area contributed by atoms with Crippen molar-refractivity contribution in [1.82, 2.24) is 0 Å². The molecule has 0 atom stereocenters. The van der Waals surface area contributed by atoms with Gasteiger partial charge in [-0.25, -0.2) is 4.79 Å². The van der Waals surface area contributed by atoms with Gasteiger partial charge in [0.05, 0.1) is 15.7 Å². The van der Waals surface area contributed by atoms with Crippen LogP contribution in [-0.2, 0) is 9.59 Å². The first kappa shape index (κ1) is 15.9. The minimum Gasteiger partial charge on any atom is -0.509 e. The summed E-state index contributed by atoms with van der Waals surface area (Å²) in [7, 11) is 0. The molecule has 0 bridgehead atoms. The van der Waals surface area contributed by atoms with E-state index in [9.17, 15) is 14.7 Å². The molecule has 1 rings (SSSR count). The summed E-state index contributed by atoms with van der Waals surface area (Å²) in [6.45, 7) is 0. The number of nitrogens with zero attached hydrogens (tertiary/aromatic N) is 2. The van der Waals surface area contributed by atoms with Crippen molar-refractivity contribution in [3.63, 3.8) is 0 Å². The molecular formula is C11H8Cl2N2O5. The molecule has 0 aliphatic rings. The maximum absolute atomic E-state index is 10.9. The summed E-state index contributed by atoms with van der Waals surface area (Å²) in [5, 5.41) is 34.0. The minimum atomic E-state index is -1.60. The first-order chi connectivity index (χ1) is 9.31. The molecule has 0 spiro atoms. The van der Waals surface area contributed by atoms with E-state index in [-0.39, 0.29) is 15.7 Å². The maximum atomic E-state index is 10.9. The Bertz CT molecular complexity index is 613. The Balaban J connectivity index is 3.07. The van der Waals surface area contributed by atoms with Crippen LogP contribution >= 0.6 is 23.2 Å². The summed E-state index contributed by atoms with van der Waals surface area (Å²) in [4.78, 5) is 21.3. The van der Waals surface area contributed by atoms with E-state index in [1.165, 1.54) is 18.2 Å². The van der Waals surface area contributed by atoms with Gasteiger partial charge in [0.2, 0.25) is 5.70 Å². The number of azo groups is 1. The first-order valence-electron chi connectivity index (χ1n) is 5.05. The standard InChI is InChI=1S/C11H8Cl2N2O5/c12-6-2-1-5(3-7(6)13)14-15-10(11(19)20)8(16)4-9(17)18/h1-3,16H,4H2,(H,17,18)(H,19,20). The van der Waals surface area contributed by atoms with Crippen LogP contribution in [0.15, 0.2) is 39.9 Å². The van der Waals surface area contributed by atoms with Crippen molar-refractivity contribution in [3.05, 3.63) is 39.7 Å². The van der Waals surface area contributed by atoms with Crippen LogP contribution in [0.4, 0.5) is 5.69 Å². The number of halogens is 2. The normalized spacial score (nSPS) is 12.3. The van der Waals surface area contributed by atoms with Gasteiger partial charge in [0.15, 0.2) is 0 Å². The van der Waals surface area contributed by atoms with Gasteiger partial charge >= 0.3 is 11.9 Å². The maximum Gasteiger partial charge on any atom is 0.359 e. The van der Waals surface area contributed by atoms with Gasteiger partial charge in [-0.15, -0.1) is 5.11 Å². The molecule has 3 N–H and O–H groups in total. The molecule has 106 valence electrons. The molecule has 0 aliphatic heterocycles. The highest BCUT2D eigenvalue weighted by Gasteiger charge is 2.16. The smallest absolute Gasteiger partial charge is 0.359 e. The zero-order valence-electron chi connectivity index (χ0n) is 9.75. The largest absolute Gasteiger partial charge is 0.509 e. The second-order valence-corrected chi connectivity index (χ2v) is 4.28. The van der Waals surface area contributed by atoms with Crippen molar-refractivity contribution in [2.75, 3.05) is 0 Å². The Kier molecular flexibility index (Phi) is 5.48. The second-order valence-electron chi connectivity index (χ2n) is 3.47. The van der Waals surface area contributed by atoms with E-state index in [0.717, 1.165) is 0 Å². The molecule has 0 unspecified atom stereocenters. The van der Waals surface area contributed by atoms with Gasteiger partial charge in [0.1, 0.15) is 12.2 Å². The number of aliphatic hydroxyl groups excluding tert-OH is 1. The average molecular weight is 319 g/mol. The van der Waals surface area contributed by atoms with E-state index >= 15 is 0 Å². The van der Waals surface area contributed by atoms with Gasteiger partial charge < -0.3 is 15.3 Å². The fourth-order valence-electron chi connectivity index (χ4n) is 1.11. The lowest BCUT2D eigenvalue weighted by Gasteiger charge is -1.99. The summed E-state index contributed by atoms with van der Waals surface area (Å²) < 4.78 is 0. The predicted molar refractivity (Wildman–Crippen MR) is 70.5 cm³/mol. The number of benzene rings is 1. The number of carboxylic acids is 2. The van der Waals surface area contributed by atoms with Gasteiger partial charge in [-0.1, -0.05) is 23.2 Å². The third-order valence-corrected chi connectivity index (χ3v) is 2.70. The molecule has 0 saturated heterocycles. The van der Waals surface area contributed by atoms with Crippen LogP contribution in [0.25, 0.3) is 0 Å². The first-order valence-corrected chi connectivity index (χ1v) is 5.81. The molecule has 0 radical (unpaired) electrons. The van der Waals surface area contributed by atoms with E-state index in [1.54, 1.807) is 0 Å². The van der Waals surface area contributed by atoms with Crippen molar-refractivity contribution in [2.24, 2.45) is 10.2 Å². The van der Waals surface area contributed by atoms with Crippen LogP contribution in [0, 0.1) is 0 Å². The zero-order chi connectivity index (χ0) is 15.3. The number of aliphatic hydroxyl groups is 1. The van der Waals surface area contributed by atoms with Gasteiger partial charge in [-0.3, -0.25) is 4.79 Å². The summed E-state index contributed by atoms with van der Waals surface area (Å²) in [5.41, 5.74) is -0.667. The minimum absolute atomic E-state index is 0.193. The highest BCUT2D eigenvalue weighted by atomic mass is 35.5. The van der Waals surface area contributed by atoms with E-state index in [2.05, 4.69) is 10.2 Å². The quantitative estimate of drug-likeness (QED) is 0.436. The Morgan fingerprint density at radius 1 is 1.10 bits per heavy atom.